The molecule has 1 aromatic carbocycles. The molecule has 1 aliphatic heterocycles. The molecule has 0 amide bonds. The van der Waals surface area contributed by atoms with Crippen molar-refractivity contribution in [2.45, 2.75) is 25.6 Å². The monoisotopic (exact) mass is 356 g/mol. The van der Waals surface area contributed by atoms with E-state index < -0.39 is 0 Å². The maximum absolute atomic E-state index is 9.47. The van der Waals surface area contributed by atoms with Gasteiger partial charge >= 0.3 is 0 Å². The Kier molecular flexibility index (Phi) is 5.12. The van der Waals surface area contributed by atoms with Crippen molar-refractivity contribution in [1.82, 2.24) is 19.8 Å². The molecule has 2 N–H and O–H groups in total. The standard InChI is InChI=1S/C19H24N4OS/c24-9-5-16-12-22(7-8-23(16)11-15-6-10-25-14-15)13-19-20-17-3-1-2-4-18(17)21-19/h1-4,6,10,14,16,24H,5,7-9,11-13H2,(H,20,21). The first kappa shape index (κ1) is 16.7. The van der Waals surface area contributed by atoms with Crippen molar-refractivity contribution in [2.75, 3.05) is 26.2 Å². The van der Waals surface area contributed by atoms with E-state index in [1.54, 1.807) is 11.3 Å². The number of aromatic nitrogens is 2. The molecule has 1 aliphatic rings. The molecule has 0 bridgehead atoms. The number of H-pyrrole nitrogens is 1. The Morgan fingerprint density at radius 2 is 2.12 bits per heavy atom. The number of fused-ring (bicyclic) bond motifs is 1. The van der Waals surface area contributed by atoms with Crippen molar-refractivity contribution >= 4 is 22.4 Å². The van der Waals surface area contributed by atoms with E-state index in [9.17, 15) is 5.11 Å². The number of thiophene rings is 1. The fourth-order valence-corrected chi connectivity index (χ4v) is 4.30. The fraction of sp³-hybridized carbons (Fsp3) is 0.421. The molecule has 5 nitrogen and oxygen atoms in total. The Hall–Kier alpha value is -1.73. The van der Waals surface area contributed by atoms with Gasteiger partial charge in [-0.25, -0.2) is 4.98 Å². The molecule has 25 heavy (non-hydrogen) atoms. The second kappa shape index (κ2) is 7.66. The molecule has 1 unspecified atom stereocenters. The lowest BCUT2D eigenvalue weighted by Crippen LogP contribution is -2.52. The summed E-state index contributed by atoms with van der Waals surface area (Å²) in [6.45, 7) is 5.09. The Bertz CT molecular complexity index is 768. The van der Waals surface area contributed by atoms with Crippen LogP contribution in [-0.2, 0) is 13.1 Å². The molecular weight excluding hydrogens is 332 g/mol. The van der Waals surface area contributed by atoms with Crippen LogP contribution < -0.4 is 0 Å². The van der Waals surface area contributed by atoms with Crippen molar-refractivity contribution in [2.24, 2.45) is 0 Å². The maximum atomic E-state index is 9.47. The lowest BCUT2D eigenvalue weighted by molar-refractivity contribution is 0.0490. The molecule has 3 aromatic rings. The molecule has 3 heterocycles. The SMILES string of the molecule is OCCC1CN(Cc2nc3ccccc3[nH]2)CCN1Cc1ccsc1. The molecule has 0 radical (unpaired) electrons. The summed E-state index contributed by atoms with van der Waals surface area (Å²) in [7, 11) is 0. The lowest BCUT2D eigenvalue weighted by atomic mass is 10.1. The number of benzene rings is 1. The molecular formula is C19H24N4OS. The molecule has 1 atom stereocenters. The molecule has 0 spiro atoms. The van der Waals surface area contributed by atoms with Crippen LogP contribution in [0.25, 0.3) is 11.0 Å². The van der Waals surface area contributed by atoms with Crippen LogP contribution in [-0.4, -0.2) is 57.2 Å². The zero-order chi connectivity index (χ0) is 17.1. The van der Waals surface area contributed by atoms with E-state index >= 15 is 0 Å². The number of imidazole rings is 1. The summed E-state index contributed by atoms with van der Waals surface area (Å²) in [5, 5.41) is 13.8. The number of aliphatic hydroxyl groups excluding tert-OH is 1. The average Bonchev–Trinajstić information content (AvgIpc) is 3.26. The summed E-state index contributed by atoms with van der Waals surface area (Å²) in [4.78, 5) is 13.1. The molecule has 6 heteroatoms. The van der Waals surface area contributed by atoms with Gasteiger partial charge in [0, 0.05) is 38.8 Å². The zero-order valence-corrected chi connectivity index (χ0v) is 15.1. The number of nitrogens with zero attached hydrogens (tertiary/aromatic N) is 3. The summed E-state index contributed by atoms with van der Waals surface area (Å²) in [6, 6.07) is 10.8. The van der Waals surface area contributed by atoms with E-state index in [0.717, 1.165) is 56.0 Å². The molecule has 2 aromatic heterocycles. The Labute approximate surface area is 151 Å². The first-order valence-corrected chi connectivity index (χ1v) is 9.78. The minimum Gasteiger partial charge on any atom is -0.396 e. The largest absolute Gasteiger partial charge is 0.396 e. The quantitative estimate of drug-likeness (QED) is 0.713. The third kappa shape index (κ3) is 3.93. The Morgan fingerprint density at radius 3 is 2.92 bits per heavy atom. The van der Waals surface area contributed by atoms with E-state index in [4.69, 9.17) is 4.98 Å². The van der Waals surface area contributed by atoms with Crippen molar-refractivity contribution in [3.63, 3.8) is 0 Å². The summed E-state index contributed by atoms with van der Waals surface area (Å²) in [6.07, 6.45) is 0.820. The van der Waals surface area contributed by atoms with E-state index in [1.165, 1.54) is 5.56 Å². The highest BCUT2D eigenvalue weighted by molar-refractivity contribution is 7.07. The van der Waals surface area contributed by atoms with Crippen molar-refractivity contribution < 1.29 is 5.11 Å². The van der Waals surface area contributed by atoms with Gasteiger partial charge in [0.1, 0.15) is 5.82 Å². The van der Waals surface area contributed by atoms with Crippen LogP contribution in [0, 0.1) is 0 Å². The van der Waals surface area contributed by atoms with Crippen molar-refractivity contribution in [3.8, 4) is 0 Å². The van der Waals surface area contributed by atoms with Gasteiger partial charge in [-0.2, -0.15) is 11.3 Å². The molecule has 0 saturated carbocycles. The second-order valence-corrected chi connectivity index (χ2v) is 7.48. The summed E-state index contributed by atoms with van der Waals surface area (Å²) in [5.41, 5.74) is 3.50. The van der Waals surface area contributed by atoms with E-state index in [0.29, 0.717) is 6.04 Å². The highest BCUT2D eigenvalue weighted by atomic mass is 32.1. The number of piperazine rings is 1. The van der Waals surface area contributed by atoms with Gasteiger partial charge in [0.2, 0.25) is 0 Å². The lowest BCUT2D eigenvalue weighted by Gasteiger charge is -2.41. The van der Waals surface area contributed by atoms with Crippen LogP contribution in [0.15, 0.2) is 41.1 Å². The predicted molar refractivity (Wildman–Crippen MR) is 102 cm³/mol. The number of nitrogens with one attached hydrogen (secondary N) is 1. The first-order valence-electron chi connectivity index (χ1n) is 8.84. The smallest absolute Gasteiger partial charge is 0.121 e. The van der Waals surface area contributed by atoms with Crippen LogP contribution in [0.3, 0.4) is 0 Å². The van der Waals surface area contributed by atoms with Gasteiger partial charge in [-0.05, 0) is 40.9 Å². The van der Waals surface area contributed by atoms with Crippen LogP contribution in [0.5, 0.6) is 0 Å². The number of hydrogen-bond donors (Lipinski definition) is 2. The minimum absolute atomic E-state index is 0.239. The molecule has 4 rings (SSSR count). The second-order valence-electron chi connectivity index (χ2n) is 6.70. The molecule has 1 fully saturated rings. The topological polar surface area (TPSA) is 55.4 Å². The number of aliphatic hydroxyl groups is 1. The van der Waals surface area contributed by atoms with Crippen LogP contribution in [0.2, 0.25) is 0 Å². The van der Waals surface area contributed by atoms with E-state index in [2.05, 4.69) is 37.7 Å². The summed E-state index contributed by atoms with van der Waals surface area (Å²) >= 11 is 1.75. The third-order valence-corrected chi connectivity index (χ3v) is 5.66. The van der Waals surface area contributed by atoms with Gasteiger partial charge in [-0.3, -0.25) is 9.80 Å². The van der Waals surface area contributed by atoms with Gasteiger partial charge < -0.3 is 10.1 Å². The average molecular weight is 356 g/mol. The highest BCUT2D eigenvalue weighted by Crippen LogP contribution is 2.19. The molecule has 1 saturated heterocycles. The van der Waals surface area contributed by atoms with Crippen molar-refractivity contribution in [3.05, 3.63) is 52.5 Å². The van der Waals surface area contributed by atoms with Crippen LogP contribution in [0.4, 0.5) is 0 Å². The number of hydrogen-bond acceptors (Lipinski definition) is 5. The molecule has 132 valence electrons. The van der Waals surface area contributed by atoms with Crippen LogP contribution >= 0.6 is 11.3 Å². The van der Waals surface area contributed by atoms with Gasteiger partial charge in [-0.1, -0.05) is 12.1 Å². The normalized spacial score (nSPS) is 19.6. The van der Waals surface area contributed by atoms with Gasteiger partial charge in [0.05, 0.1) is 17.6 Å². The van der Waals surface area contributed by atoms with Crippen molar-refractivity contribution in [1.29, 1.82) is 0 Å². The molecule has 0 aliphatic carbocycles. The zero-order valence-electron chi connectivity index (χ0n) is 14.3. The maximum Gasteiger partial charge on any atom is 0.121 e. The summed E-state index contributed by atoms with van der Waals surface area (Å²) in [5.74, 6) is 1.02. The van der Waals surface area contributed by atoms with Gasteiger partial charge in [-0.15, -0.1) is 0 Å². The third-order valence-electron chi connectivity index (χ3n) is 4.93. The fourth-order valence-electron chi connectivity index (χ4n) is 3.64. The van der Waals surface area contributed by atoms with Gasteiger partial charge in [0.15, 0.2) is 0 Å². The first-order chi connectivity index (χ1) is 12.3. The van der Waals surface area contributed by atoms with Gasteiger partial charge in [0.25, 0.3) is 0 Å². The Morgan fingerprint density at radius 1 is 1.20 bits per heavy atom. The van der Waals surface area contributed by atoms with E-state index in [-0.39, 0.29) is 6.61 Å². The Balaban J connectivity index is 1.42. The number of aromatic amines is 1. The highest BCUT2D eigenvalue weighted by Gasteiger charge is 2.27. The minimum atomic E-state index is 0.239. The summed E-state index contributed by atoms with van der Waals surface area (Å²) < 4.78 is 0. The van der Waals surface area contributed by atoms with Crippen LogP contribution in [0.1, 0.15) is 17.8 Å². The number of rotatable bonds is 6. The number of para-hydroxylation sites is 2. The van der Waals surface area contributed by atoms with E-state index in [1.807, 2.05) is 18.2 Å². The predicted octanol–water partition coefficient (Wildman–Crippen LogP) is 2.69.